The van der Waals surface area contributed by atoms with Crippen molar-refractivity contribution in [3.63, 3.8) is 0 Å². The molecule has 0 aliphatic carbocycles. The van der Waals surface area contributed by atoms with Crippen molar-refractivity contribution in [2.45, 2.75) is 19.4 Å². The highest BCUT2D eigenvalue weighted by molar-refractivity contribution is 14.0. The van der Waals surface area contributed by atoms with E-state index in [1.807, 2.05) is 30.5 Å². The van der Waals surface area contributed by atoms with E-state index in [0.29, 0.717) is 12.5 Å². The highest BCUT2D eigenvalue weighted by atomic mass is 127. The third-order valence-corrected chi connectivity index (χ3v) is 4.04. The molecule has 134 valence electrons. The van der Waals surface area contributed by atoms with Gasteiger partial charge < -0.3 is 20.7 Å². The Bertz CT molecular complexity index is 699. The van der Waals surface area contributed by atoms with Crippen molar-refractivity contribution in [2.24, 2.45) is 10.7 Å². The maximum absolute atomic E-state index is 5.96. The number of nitrogens with zero attached hydrogens (tertiary/aromatic N) is 3. The summed E-state index contributed by atoms with van der Waals surface area (Å²) in [4.78, 5) is 11.2. The number of guanidine groups is 1. The van der Waals surface area contributed by atoms with Crippen LogP contribution in [0.2, 0.25) is 0 Å². The third-order valence-electron chi connectivity index (χ3n) is 4.04. The van der Waals surface area contributed by atoms with Gasteiger partial charge in [0, 0.05) is 19.3 Å². The summed E-state index contributed by atoms with van der Waals surface area (Å²) in [7, 11) is 1.63. The molecule has 1 aliphatic heterocycles. The molecule has 1 aromatic heterocycles. The van der Waals surface area contributed by atoms with E-state index in [0.717, 1.165) is 35.9 Å². The Labute approximate surface area is 165 Å². The first-order valence-electron chi connectivity index (χ1n) is 8.16. The lowest BCUT2D eigenvalue weighted by Gasteiger charge is -2.16. The van der Waals surface area contributed by atoms with E-state index in [-0.39, 0.29) is 24.0 Å². The SMILES string of the molecule is COc1ccccc1NC(N)=NCc1ccc(N2CCCC2)nc1.I. The van der Waals surface area contributed by atoms with Crippen LogP contribution in [0.5, 0.6) is 5.75 Å². The van der Waals surface area contributed by atoms with Gasteiger partial charge in [0.05, 0.1) is 19.3 Å². The number of ether oxygens (including phenoxy) is 1. The molecule has 0 unspecified atom stereocenters. The summed E-state index contributed by atoms with van der Waals surface area (Å²) in [5.41, 5.74) is 7.79. The molecule has 1 aromatic carbocycles. The van der Waals surface area contributed by atoms with Crippen LogP contribution in [0.4, 0.5) is 11.5 Å². The van der Waals surface area contributed by atoms with Crippen LogP contribution in [0.25, 0.3) is 0 Å². The van der Waals surface area contributed by atoms with Gasteiger partial charge in [0.1, 0.15) is 11.6 Å². The molecule has 1 saturated heterocycles. The molecule has 0 atom stereocenters. The van der Waals surface area contributed by atoms with Crippen LogP contribution >= 0.6 is 24.0 Å². The summed E-state index contributed by atoms with van der Waals surface area (Å²) < 4.78 is 5.28. The van der Waals surface area contributed by atoms with Crippen molar-refractivity contribution in [2.75, 3.05) is 30.4 Å². The summed E-state index contributed by atoms with van der Waals surface area (Å²) in [6, 6.07) is 11.7. The predicted molar refractivity (Wildman–Crippen MR) is 113 cm³/mol. The zero-order chi connectivity index (χ0) is 16.8. The first-order chi connectivity index (χ1) is 11.8. The van der Waals surface area contributed by atoms with E-state index in [1.165, 1.54) is 12.8 Å². The fourth-order valence-corrected chi connectivity index (χ4v) is 2.75. The van der Waals surface area contributed by atoms with E-state index in [4.69, 9.17) is 10.5 Å². The normalized spacial score (nSPS) is 14.1. The van der Waals surface area contributed by atoms with Gasteiger partial charge in [-0.1, -0.05) is 18.2 Å². The molecule has 25 heavy (non-hydrogen) atoms. The molecule has 3 rings (SSSR count). The van der Waals surface area contributed by atoms with E-state index in [2.05, 4.69) is 32.3 Å². The second kappa shape index (κ2) is 9.45. The number of pyridine rings is 1. The van der Waals surface area contributed by atoms with Gasteiger partial charge in [0.25, 0.3) is 0 Å². The van der Waals surface area contributed by atoms with Gasteiger partial charge in [-0.3, -0.25) is 0 Å². The number of nitrogens with one attached hydrogen (secondary N) is 1. The molecular formula is C18H24IN5O. The molecule has 2 aromatic rings. The fourth-order valence-electron chi connectivity index (χ4n) is 2.75. The number of nitrogens with two attached hydrogens (primary N) is 1. The number of hydrogen-bond acceptors (Lipinski definition) is 4. The van der Waals surface area contributed by atoms with Gasteiger partial charge >= 0.3 is 0 Å². The van der Waals surface area contributed by atoms with Crippen LogP contribution in [0.1, 0.15) is 18.4 Å². The zero-order valence-corrected chi connectivity index (χ0v) is 16.6. The maximum atomic E-state index is 5.96. The van der Waals surface area contributed by atoms with E-state index < -0.39 is 0 Å². The quantitative estimate of drug-likeness (QED) is 0.413. The molecule has 3 N–H and O–H groups in total. The molecule has 1 aliphatic rings. The largest absolute Gasteiger partial charge is 0.495 e. The fraction of sp³-hybridized carbons (Fsp3) is 0.333. The van der Waals surface area contributed by atoms with Crippen LogP contribution in [0, 0.1) is 0 Å². The molecule has 6 nitrogen and oxygen atoms in total. The van der Waals surface area contributed by atoms with Crippen molar-refractivity contribution in [3.05, 3.63) is 48.2 Å². The minimum absolute atomic E-state index is 0. The summed E-state index contributed by atoms with van der Waals surface area (Å²) in [6.07, 6.45) is 4.37. The third kappa shape index (κ3) is 5.22. The molecule has 0 spiro atoms. The van der Waals surface area contributed by atoms with E-state index >= 15 is 0 Å². The number of para-hydroxylation sites is 2. The van der Waals surface area contributed by atoms with Crippen molar-refractivity contribution >= 4 is 41.4 Å². The predicted octanol–water partition coefficient (Wildman–Crippen LogP) is 3.24. The lowest BCUT2D eigenvalue weighted by molar-refractivity contribution is 0.417. The Kier molecular flexibility index (Phi) is 7.30. The van der Waals surface area contributed by atoms with Gasteiger partial charge in [-0.15, -0.1) is 24.0 Å². The Balaban J connectivity index is 0.00000225. The highest BCUT2D eigenvalue weighted by Crippen LogP contribution is 2.22. The zero-order valence-electron chi connectivity index (χ0n) is 14.3. The molecule has 0 saturated carbocycles. The van der Waals surface area contributed by atoms with Gasteiger partial charge in [0.2, 0.25) is 0 Å². The summed E-state index contributed by atoms with van der Waals surface area (Å²) in [6.45, 7) is 2.68. The first-order valence-corrected chi connectivity index (χ1v) is 8.16. The number of rotatable bonds is 5. The maximum Gasteiger partial charge on any atom is 0.193 e. The monoisotopic (exact) mass is 453 g/mol. The minimum Gasteiger partial charge on any atom is -0.495 e. The topological polar surface area (TPSA) is 75.8 Å². The Morgan fingerprint density at radius 2 is 2.00 bits per heavy atom. The number of anilines is 2. The van der Waals surface area contributed by atoms with Crippen LogP contribution in [0.3, 0.4) is 0 Å². The van der Waals surface area contributed by atoms with Crippen LogP contribution in [-0.2, 0) is 6.54 Å². The molecule has 0 radical (unpaired) electrons. The lowest BCUT2D eigenvalue weighted by Crippen LogP contribution is -2.23. The standard InChI is InChI=1S/C18H23N5O.HI/c1-24-16-7-3-2-6-15(16)22-18(19)21-13-14-8-9-17(20-12-14)23-10-4-5-11-23;/h2-3,6-9,12H,4-5,10-11,13H2,1H3,(H3,19,21,22);1H. The van der Waals surface area contributed by atoms with Crippen LogP contribution in [-0.4, -0.2) is 31.1 Å². The number of halogens is 1. The number of aromatic nitrogens is 1. The second-order valence-corrected chi connectivity index (χ2v) is 5.75. The smallest absolute Gasteiger partial charge is 0.193 e. The van der Waals surface area contributed by atoms with Crippen molar-refractivity contribution in [1.29, 1.82) is 0 Å². The van der Waals surface area contributed by atoms with Crippen molar-refractivity contribution in [1.82, 2.24) is 4.98 Å². The molecule has 1 fully saturated rings. The summed E-state index contributed by atoms with van der Waals surface area (Å²) in [5.74, 6) is 2.12. The average molecular weight is 453 g/mol. The molecular weight excluding hydrogens is 429 g/mol. The Hall–Kier alpha value is -2.03. The lowest BCUT2D eigenvalue weighted by atomic mass is 10.3. The Morgan fingerprint density at radius 3 is 2.68 bits per heavy atom. The van der Waals surface area contributed by atoms with Crippen LogP contribution in [0.15, 0.2) is 47.6 Å². The number of hydrogen-bond donors (Lipinski definition) is 2. The van der Waals surface area contributed by atoms with Gasteiger partial charge in [-0.25, -0.2) is 9.98 Å². The minimum atomic E-state index is 0. The molecule has 0 amide bonds. The van der Waals surface area contributed by atoms with Gasteiger partial charge in [-0.05, 0) is 36.6 Å². The van der Waals surface area contributed by atoms with Crippen molar-refractivity contribution < 1.29 is 4.74 Å². The molecule has 2 heterocycles. The van der Waals surface area contributed by atoms with E-state index in [9.17, 15) is 0 Å². The number of methoxy groups -OCH3 is 1. The highest BCUT2D eigenvalue weighted by Gasteiger charge is 2.12. The summed E-state index contributed by atoms with van der Waals surface area (Å²) in [5, 5.41) is 3.06. The van der Waals surface area contributed by atoms with Gasteiger partial charge in [0.15, 0.2) is 5.96 Å². The first kappa shape index (κ1) is 19.3. The summed E-state index contributed by atoms with van der Waals surface area (Å²) >= 11 is 0. The second-order valence-electron chi connectivity index (χ2n) is 5.75. The van der Waals surface area contributed by atoms with Crippen LogP contribution < -0.4 is 20.7 Å². The number of benzene rings is 1. The molecule has 7 heteroatoms. The van der Waals surface area contributed by atoms with Gasteiger partial charge in [-0.2, -0.15) is 0 Å². The molecule has 0 bridgehead atoms. The number of aliphatic imine (C=N–C) groups is 1. The van der Waals surface area contributed by atoms with E-state index in [1.54, 1.807) is 7.11 Å². The Morgan fingerprint density at radius 1 is 1.24 bits per heavy atom. The average Bonchev–Trinajstić information content (AvgIpc) is 3.15. The van der Waals surface area contributed by atoms with Crippen molar-refractivity contribution in [3.8, 4) is 5.75 Å².